The van der Waals surface area contributed by atoms with Gasteiger partial charge in [-0.25, -0.2) is 0 Å². The Bertz CT molecular complexity index is 109. The summed E-state index contributed by atoms with van der Waals surface area (Å²) in [6, 6.07) is 0. The molecule has 10 heavy (non-hydrogen) atoms. The van der Waals surface area contributed by atoms with Gasteiger partial charge in [-0.15, -0.1) is 0 Å². The zero-order valence-corrected chi connectivity index (χ0v) is 6.71. The lowest BCUT2D eigenvalue weighted by atomic mass is 10.0. The maximum atomic E-state index is 5.71. The Morgan fingerprint density at radius 2 is 2.20 bits per heavy atom. The first kappa shape index (κ1) is 6.62. The summed E-state index contributed by atoms with van der Waals surface area (Å²) in [6.07, 6.45) is 2.35. The first-order chi connectivity index (χ1) is 4.75. The third-order valence-corrected chi connectivity index (χ3v) is 2.61. The van der Waals surface area contributed by atoms with Gasteiger partial charge in [-0.3, -0.25) is 0 Å². The van der Waals surface area contributed by atoms with Gasteiger partial charge in [-0.1, -0.05) is 0 Å². The van der Waals surface area contributed by atoms with Crippen molar-refractivity contribution in [3.05, 3.63) is 0 Å². The highest BCUT2D eigenvalue weighted by Crippen LogP contribution is 2.31. The van der Waals surface area contributed by atoms with Gasteiger partial charge >= 0.3 is 0 Å². The highest BCUT2D eigenvalue weighted by molar-refractivity contribution is 4.89. The molecule has 0 radical (unpaired) electrons. The van der Waals surface area contributed by atoms with Gasteiger partial charge in [0.25, 0.3) is 0 Å². The molecule has 0 bridgehead atoms. The van der Waals surface area contributed by atoms with E-state index < -0.39 is 0 Å². The van der Waals surface area contributed by atoms with Crippen molar-refractivity contribution in [3.63, 3.8) is 0 Å². The summed E-state index contributed by atoms with van der Waals surface area (Å²) < 4.78 is 5.71. The van der Waals surface area contributed by atoms with Crippen LogP contribution in [0.15, 0.2) is 0 Å². The van der Waals surface area contributed by atoms with Gasteiger partial charge in [0.05, 0.1) is 12.2 Å². The van der Waals surface area contributed by atoms with Crippen LogP contribution >= 0.6 is 0 Å². The van der Waals surface area contributed by atoms with Gasteiger partial charge in [0.2, 0.25) is 0 Å². The molecule has 3 unspecified atom stereocenters. The molecule has 0 amide bonds. The molecule has 0 aliphatic carbocycles. The minimum absolute atomic E-state index is 0.517. The fraction of sp³-hybridized carbons (Fsp3) is 1.00. The van der Waals surface area contributed by atoms with Crippen LogP contribution in [0.3, 0.4) is 0 Å². The van der Waals surface area contributed by atoms with Crippen molar-refractivity contribution in [1.29, 1.82) is 0 Å². The molecule has 3 atom stereocenters. The average Bonchev–Trinajstić information content (AvgIpc) is 2.21. The van der Waals surface area contributed by atoms with Gasteiger partial charge in [-0.05, 0) is 20.4 Å². The molecule has 0 spiro atoms. The van der Waals surface area contributed by atoms with E-state index in [4.69, 9.17) is 4.74 Å². The predicted octanol–water partition coefficient (Wildman–Crippen LogP) is 0.725. The van der Waals surface area contributed by atoms with E-state index >= 15 is 0 Å². The van der Waals surface area contributed by atoms with Gasteiger partial charge in [0, 0.05) is 19.0 Å². The second-order valence-corrected chi connectivity index (χ2v) is 3.70. The van der Waals surface area contributed by atoms with Crippen molar-refractivity contribution in [1.82, 2.24) is 4.90 Å². The van der Waals surface area contributed by atoms with Gasteiger partial charge in [0.15, 0.2) is 0 Å². The molecule has 0 aromatic rings. The molecule has 58 valence electrons. The number of hydrogen-bond donors (Lipinski definition) is 0. The molecule has 0 aromatic carbocycles. The molecule has 2 aliphatic rings. The van der Waals surface area contributed by atoms with E-state index in [2.05, 4.69) is 18.9 Å². The third-order valence-electron chi connectivity index (χ3n) is 2.61. The van der Waals surface area contributed by atoms with Crippen LogP contribution in [0.4, 0.5) is 0 Å². The smallest absolute Gasteiger partial charge is 0.0746 e. The van der Waals surface area contributed by atoms with E-state index in [0.717, 1.165) is 12.5 Å². The molecule has 2 saturated heterocycles. The standard InChI is InChI=1S/C8H15NO/c1-6-3-7-4-9(2)5-8(7)10-6/h6-8H,3-5H2,1-2H3. The van der Waals surface area contributed by atoms with Crippen LogP contribution in [0.25, 0.3) is 0 Å². The lowest BCUT2D eigenvalue weighted by Gasteiger charge is -2.10. The molecule has 0 saturated carbocycles. The third kappa shape index (κ3) is 0.956. The van der Waals surface area contributed by atoms with Gasteiger partial charge in [0.1, 0.15) is 0 Å². The largest absolute Gasteiger partial charge is 0.374 e. The molecule has 2 nitrogen and oxygen atoms in total. The van der Waals surface area contributed by atoms with Crippen LogP contribution in [0.2, 0.25) is 0 Å². The van der Waals surface area contributed by atoms with E-state index in [1.807, 2.05) is 0 Å². The number of rotatable bonds is 0. The first-order valence-electron chi connectivity index (χ1n) is 4.09. The van der Waals surface area contributed by atoms with Crippen molar-refractivity contribution >= 4 is 0 Å². The van der Waals surface area contributed by atoms with Gasteiger partial charge < -0.3 is 9.64 Å². The molecule has 2 heterocycles. The summed E-state index contributed by atoms with van der Waals surface area (Å²) in [4.78, 5) is 2.36. The number of fused-ring (bicyclic) bond motifs is 1. The van der Waals surface area contributed by atoms with Gasteiger partial charge in [-0.2, -0.15) is 0 Å². The zero-order valence-electron chi connectivity index (χ0n) is 6.71. The van der Waals surface area contributed by atoms with Crippen LogP contribution in [0.1, 0.15) is 13.3 Å². The Morgan fingerprint density at radius 3 is 2.90 bits per heavy atom. The van der Waals surface area contributed by atoms with Crippen molar-refractivity contribution in [2.24, 2.45) is 5.92 Å². The van der Waals surface area contributed by atoms with E-state index in [9.17, 15) is 0 Å². The summed E-state index contributed by atoms with van der Waals surface area (Å²) in [6.45, 7) is 4.57. The van der Waals surface area contributed by atoms with Crippen LogP contribution in [-0.2, 0) is 4.74 Å². The molecule has 2 aliphatic heterocycles. The quantitative estimate of drug-likeness (QED) is 0.493. The van der Waals surface area contributed by atoms with E-state index in [1.165, 1.54) is 13.0 Å². The van der Waals surface area contributed by atoms with Crippen molar-refractivity contribution in [2.45, 2.75) is 25.6 Å². The van der Waals surface area contributed by atoms with E-state index in [0.29, 0.717) is 12.2 Å². The second-order valence-electron chi connectivity index (χ2n) is 3.70. The summed E-state index contributed by atoms with van der Waals surface area (Å²) in [7, 11) is 2.17. The van der Waals surface area contributed by atoms with Crippen molar-refractivity contribution in [2.75, 3.05) is 20.1 Å². The predicted molar refractivity (Wildman–Crippen MR) is 39.9 cm³/mol. The zero-order chi connectivity index (χ0) is 7.14. The van der Waals surface area contributed by atoms with Crippen molar-refractivity contribution in [3.8, 4) is 0 Å². The van der Waals surface area contributed by atoms with E-state index in [-0.39, 0.29) is 0 Å². The van der Waals surface area contributed by atoms with Crippen LogP contribution < -0.4 is 0 Å². The molecule has 2 heteroatoms. The normalized spacial score (nSPS) is 48.0. The number of nitrogens with zero attached hydrogens (tertiary/aromatic N) is 1. The number of ether oxygens (including phenoxy) is 1. The Labute approximate surface area is 62.2 Å². The minimum Gasteiger partial charge on any atom is -0.374 e. The van der Waals surface area contributed by atoms with E-state index in [1.54, 1.807) is 0 Å². The average molecular weight is 141 g/mol. The second kappa shape index (κ2) is 2.21. The highest BCUT2D eigenvalue weighted by Gasteiger charge is 2.38. The summed E-state index contributed by atoms with van der Waals surface area (Å²) in [5, 5.41) is 0. The Balaban J connectivity index is 2.00. The van der Waals surface area contributed by atoms with Crippen LogP contribution in [-0.4, -0.2) is 37.2 Å². The molecular formula is C8H15NO. The number of likely N-dealkylation sites (tertiary alicyclic amines) is 1. The first-order valence-corrected chi connectivity index (χ1v) is 4.09. The fourth-order valence-corrected chi connectivity index (χ4v) is 2.21. The number of hydrogen-bond acceptors (Lipinski definition) is 2. The van der Waals surface area contributed by atoms with Crippen molar-refractivity contribution < 1.29 is 4.74 Å². The monoisotopic (exact) mass is 141 g/mol. The SMILES string of the molecule is CC1CC2CN(C)CC2O1. The summed E-state index contributed by atoms with van der Waals surface area (Å²) >= 11 is 0. The molecule has 2 rings (SSSR count). The lowest BCUT2D eigenvalue weighted by Crippen LogP contribution is -2.19. The summed E-state index contributed by atoms with van der Waals surface area (Å²) in [5.41, 5.74) is 0. The lowest BCUT2D eigenvalue weighted by molar-refractivity contribution is 0.0507. The topological polar surface area (TPSA) is 12.5 Å². The Kier molecular flexibility index (Phi) is 1.46. The molecule has 0 aromatic heterocycles. The number of likely N-dealkylation sites (N-methyl/N-ethyl adjacent to an activating group) is 1. The fourth-order valence-electron chi connectivity index (χ4n) is 2.21. The summed E-state index contributed by atoms with van der Waals surface area (Å²) in [5.74, 6) is 0.833. The Hall–Kier alpha value is -0.0800. The maximum absolute atomic E-state index is 5.71. The molecular weight excluding hydrogens is 126 g/mol. The van der Waals surface area contributed by atoms with Crippen LogP contribution in [0.5, 0.6) is 0 Å². The minimum atomic E-state index is 0.517. The Morgan fingerprint density at radius 1 is 1.40 bits per heavy atom. The molecule has 2 fully saturated rings. The highest BCUT2D eigenvalue weighted by atomic mass is 16.5. The molecule has 0 N–H and O–H groups in total. The van der Waals surface area contributed by atoms with Crippen LogP contribution in [0, 0.1) is 5.92 Å². The maximum Gasteiger partial charge on any atom is 0.0746 e.